The molecule has 19 heavy (non-hydrogen) atoms. The maximum atomic E-state index is 6.23. The molecule has 0 N–H and O–H groups in total. The molecule has 0 bridgehead atoms. The van der Waals surface area contributed by atoms with Gasteiger partial charge in [0.2, 0.25) is 0 Å². The molecule has 0 aromatic carbocycles. The van der Waals surface area contributed by atoms with Crippen molar-refractivity contribution in [2.24, 2.45) is 0 Å². The van der Waals surface area contributed by atoms with Crippen LogP contribution in [0.1, 0.15) is 65.7 Å². The number of unbranched alkanes of at least 4 members (excludes halogenated alkanes) is 3. The first kappa shape index (κ1) is 17.3. The van der Waals surface area contributed by atoms with Crippen molar-refractivity contribution < 1.29 is 0 Å². The summed E-state index contributed by atoms with van der Waals surface area (Å²) in [7, 11) is 24.6. The van der Waals surface area contributed by atoms with Gasteiger partial charge in [0.25, 0.3) is 0 Å². The zero-order valence-corrected chi connectivity index (χ0v) is 12.9. The van der Waals surface area contributed by atoms with Crippen LogP contribution in [0.15, 0.2) is 0 Å². The van der Waals surface area contributed by atoms with Gasteiger partial charge in [-0.3, -0.25) is 0 Å². The lowest BCUT2D eigenvalue weighted by molar-refractivity contribution is 0.0862. The SMILES string of the molecule is [B]C1([B])CN(C(C)(CC)CCCCCC)C([B])([B])C1. The average Bonchev–Trinajstić information content (AvgIpc) is 2.53. The first-order valence-electron chi connectivity index (χ1n) is 7.60. The van der Waals surface area contributed by atoms with Crippen molar-refractivity contribution >= 4 is 31.4 Å². The van der Waals surface area contributed by atoms with E-state index in [4.69, 9.17) is 31.4 Å². The molecule has 0 spiro atoms. The summed E-state index contributed by atoms with van der Waals surface area (Å²) in [6, 6.07) is 0. The standard InChI is InChI=1S/C14H25B4N/c1-4-6-7-8-9-12(3,5-2)19-11-13(15,16)10-14(19,17)18/h4-11H2,1-3H3. The van der Waals surface area contributed by atoms with E-state index in [0.717, 1.165) is 12.8 Å². The Morgan fingerprint density at radius 2 is 1.68 bits per heavy atom. The lowest BCUT2D eigenvalue weighted by Crippen LogP contribution is -2.56. The number of likely N-dealkylation sites (tertiary alicyclic amines) is 1. The summed E-state index contributed by atoms with van der Waals surface area (Å²) in [6.45, 7) is 7.21. The van der Waals surface area contributed by atoms with Crippen LogP contribution in [0.2, 0.25) is 5.21 Å². The van der Waals surface area contributed by atoms with Crippen LogP contribution in [0.4, 0.5) is 0 Å². The molecule has 1 fully saturated rings. The number of hydrogen-bond donors (Lipinski definition) is 0. The molecular weight excluding hydrogens is 225 g/mol. The number of nitrogens with zero attached hydrogens (tertiary/aromatic N) is 1. The molecule has 1 saturated heterocycles. The van der Waals surface area contributed by atoms with Gasteiger partial charge in [0.05, 0.1) is 31.4 Å². The van der Waals surface area contributed by atoms with Crippen LogP contribution in [0.3, 0.4) is 0 Å². The zero-order valence-electron chi connectivity index (χ0n) is 12.9. The minimum Gasteiger partial charge on any atom is -0.310 e. The lowest BCUT2D eigenvalue weighted by Gasteiger charge is -2.47. The summed E-state index contributed by atoms with van der Waals surface area (Å²) in [5.74, 6) is 0. The summed E-state index contributed by atoms with van der Waals surface area (Å²) >= 11 is 0. The van der Waals surface area contributed by atoms with E-state index in [1.807, 2.05) is 0 Å². The molecule has 1 nitrogen and oxygen atoms in total. The highest BCUT2D eigenvalue weighted by Gasteiger charge is 2.47. The third kappa shape index (κ3) is 4.34. The van der Waals surface area contributed by atoms with Gasteiger partial charge in [0.15, 0.2) is 0 Å². The third-order valence-corrected chi connectivity index (χ3v) is 4.55. The molecule has 0 aromatic rings. The van der Waals surface area contributed by atoms with Crippen LogP contribution in [0.5, 0.6) is 0 Å². The van der Waals surface area contributed by atoms with E-state index in [-0.39, 0.29) is 5.54 Å². The minimum atomic E-state index is -0.890. The smallest absolute Gasteiger partial charge is 0.0824 e. The summed E-state index contributed by atoms with van der Waals surface area (Å²) in [4.78, 5) is 2.13. The first-order chi connectivity index (χ1) is 8.67. The summed E-state index contributed by atoms with van der Waals surface area (Å²) < 4.78 is 0. The molecule has 0 aromatic heterocycles. The minimum absolute atomic E-state index is 0.0161. The first-order valence-corrected chi connectivity index (χ1v) is 7.60. The Hall–Kier alpha value is 0.220. The van der Waals surface area contributed by atoms with E-state index in [1.165, 1.54) is 25.7 Å². The maximum Gasteiger partial charge on any atom is 0.0824 e. The molecule has 1 heterocycles. The van der Waals surface area contributed by atoms with Gasteiger partial charge < -0.3 is 4.90 Å². The Kier molecular flexibility index (Phi) is 5.75. The van der Waals surface area contributed by atoms with Gasteiger partial charge >= 0.3 is 0 Å². The molecule has 1 atom stereocenters. The fourth-order valence-corrected chi connectivity index (χ4v) is 3.25. The van der Waals surface area contributed by atoms with Crippen LogP contribution >= 0.6 is 0 Å². The Bertz CT molecular complexity index is 293. The van der Waals surface area contributed by atoms with E-state index in [2.05, 4.69) is 25.7 Å². The van der Waals surface area contributed by atoms with Gasteiger partial charge in [-0.2, -0.15) is 0 Å². The predicted molar refractivity (Wildman–Crippen MR) is 87.2 cm³/mol. The Balaban J connectivity index is 2.72. The zero-order chi connectivity index (χ0) is 14.7. The molecule has 1 aliphatic rings. The molecule has 8 radical (unpaired) electrons. The van der Waals surface area contributed by atoms with Crippen LogP contribution in [0.25, 0.3) is 0 Å². The second-order valence-corrected chi connectivity index (χ2v) is 6.65. The summed E-state index contributed by atoms with van der Waals surface area (Å²) in [6.07, 6.45) is 7.53. The molecule has 0 aliphatic carbocycles. The largest absolute Gasteiger partial charge is 0.310 e. The highest BCUT2D eigenvalue weighted by atomic mass is 15.3. The van der Waals surface area contributed by atoms with Crippen LogP contribution in [-0.4, -0.2) is 53.7 Å². The van der Waals surface area contributed by atoms with Gasteiger partial charge in [0, 0.05) is 5.54 Å². The van der Waals surface area contributed by atoms with E-state index in [9.17, 15) is 0 Å². The maximum absolute atomic E-state index is 6.23. The van der Waals surface area contributed by atoms with E-state index >= 15 is 0 Å². The summed E-state index contributed by atoms with van der Waals surface area (Å²) in [5.41, 5.74) is -0.0161. The van der Waals surface area contributed by atoms with Crippen molar-refractivity contribution in [1.29, 1.82) is 0 Å². The quantitative estimate of drug-likeness (QED) is 0.495. The molecule has 5 heteroatoms. The normalized spacial score (nSPS) is 25.2. The van der Waals surface area contributed by atoms with Gasteiger partial charge in [0.1, 0.15) is 0 Å². The fourth-order valence-electron chi connectivity index (χ4n) is 3.25. The molecular formula is C14H25B4N. The van der Waals surface area contributed by atoms with Gasteiger partial charge in [-0.1, -0.05) is 56.5 Å². The second kappa shape index (κ2) is 6.33. The number of rotatable bonds is 7. The molecule has 0 saturated carbocycles. The van der Waals surface area contributed by atoms with Crippen molar-refractivity contribution in [3.8, 4) is 0 Å². The van der Waals surface area contributed by atoms with E-state index in [0.29, 0.717) is 13.0 Å². The second-order valence-electron chi connectivity index (χ2n) is 6.65. The highest BCUT2D eigenvalue weighted by Crippen LogP contribution is 2.45. The van der Waals surface area contributed by atoms with Gasteiger partial charge in [-0.25, -0.2) is 0 Å². The van der Waals surface area contributed by atoms with Crippen molar-refractivity contribution in [1.82, 2.24) is 4.90 Å². The van der Waals surface area contributed by atoms with Crippen molar-refractivity contribution in [3.63, 3.8) is 0 Å². The molecule has 0 amide bonds. The predicted octanol–water partition coefficient (Wildman–Crippen LogP) is 2.28. The Morgan fingerprint density at radius 3 is 2.11 bits per heavy atom. The Morgan fingerprint density at radius 1 is 1.05 bits per heavy atom. The monoisotopic (exact) mass is 251 g/mol. The Labute approximate surface area is 125 Å². The van der Waals surface area contributed by atoms with Crippen LogP contribution < -0.4 is 0 Å². The van der Waals surface area contributed by atoms with Gasteiger partial charge in [-0.15, -0.1) is 0 Å². The topological polar surface area (TPSA) is 3.24 Å². The highest BCUT2D eigenvalue weighted by molar-refractivity contribution is 6.45. The molecule has 1 unspecified atom stereocenters. The van der Waals surface area contributed by atoms with E-state index in [1.54, 1.807) is 0 Å². The van der Waals surface area contributed by atoms with Crippen LogP contribution in [0, 0.1) is 0 Å². The summed E-state index contributed by atoms with van der Waals surface area (Å²) in [5, 5.41) is -1.66. The molecule has 98 valence electrons. The van der Waals surface area contributed by atoms with Crippen molar-refractivity contribution in [3.05, 3.63) is 0 Å². The van der Waals surface area contributed by atoms with Crippen LogP contribution in [-0.2, 0) is 0 Å². The average molecular weight is 251 g/mol. The molecule has 1 aliphatic heterocycles. The number of hydrogen-bond acceptors (Lipinski definition) is 1. The van der Waals surface area contributed by atoms with E-state index < -0.39 is 10.6 Å². The fraction of sp³-hybridized carbons (Fsp3) is 1.00. The van der Waals surface area contributed by atoms with Gasteiger partial charge in [-0.05, 0) is 26.3 Å². The molecule has 1 rings (SSSR count). The van der Waals surface area contributed by atoms with Crippen molar-refractivity contribution in [2.45, 2.75) is 81.8 Å². The van der Waals surface area contributed by atoms with Crippen molar-refractivity contribution in [2.75, 3.05) is 6.54 Å². The third-order valence-electron chi connectivity index (χ3n) is 4.55. The lowest BCUT2D eigenvalue weighted by atomic mass is 9.47.